The molecule has 98 valence electrons. The largest absolute Gasteiger partial charge is 0.507 e. The second-order valence-electron chi connectivity index (χ2n) is 6.15. The molecule has 1 unspecified atom stereocenters. The minimum atomic E-state index is 0.0569. The van der Waals surface area contributed by atoms with E-state index in [1.54, 1.807) is 0 Å². The van der Waals surface area contributed by atoms with E-state index < -0.39 is 0 Å². The van der Waals surface area contributed by atoms with Gasteiger partial charge in [0.15, 0.2) is 6.29 Å². The first kappa shape index (κ1) is 13.1. The zero-order valence-electron chi connectivity index (χ0n) is 11.9. The molecule has 1 aliphatic carbocycles. The molecule has 1 N–H and O–H groups in total. The normalized spacial score (nSPS) is 21.5. The zero-order valence-corrected chi connectivity index (χ0v) is 11.9. The lowest BCUT2D eigenvalue weighted by Gasteiger charge is -2.41. The number of aldehydes is 1. The van der Waals surface area contributed by atoms with E-state index in [0.717, 1.165) is 30.3 Å². The van der Waals surface area contributed by atoms with Crippen molar-refractivity contribution in [1.29, 1.82) is 0 Å². The third-order valence-corrected chi connectivity index (χ3v) is 5.01. The van der Waals surface area contributed by atoms with Crippen molar-refractivity contribution in [3.63, 3.8) is 0 Å². The van der Waals surface area contributed by atoms with Gasteiger partial charge in [-0.1, -0.05) is 20.8 Å². The molecule has 1 aliphatic rings. The summed E-state index contributed by atoms with van der Waals surface area (Å²) in [5.74, 6) is 0.799. The molecular formula is C16H22O2. The van der Waals surface area contributed by atoms with Crippen LogP contribution in [0.5, 0.6) is 5.75 Å². The number of hydrogen-bond donors (Lipinski definition) is 1. The van der Waals surface area contributed by atoms with Crippen LogP contribution in [-0.4, -0.2) is 11.4 Å². The highest BCUT2D eigenvalue weighted by Crippen LogP contribution is 2.47. The Balaban J connectivity index is 2.83. The van der Waals surface area contributed by atoms with Crippen LogP contribution in [0.25, 0.3) is 0 Å². The van der Waals surface area contributed by atoms with Crippen LogP contribution in [0.15, 0.2) is 0 Å². The van der Waals surface area contributed by atoms with Crippen molar-refractivity contribution in [2.75, 3.05) is 0 Å². The monoisotopic (exact) mass is 246 g/mol. The standard InChI is InChI=1S/C16H22O2/c1-9-6-7-12-14(16(9,4)5)11(3)10(2)13(8-17)15(12)18/h8-9,18H,6-7H2,1-5H3. The van der Waals surface area contributed by atoms with Crippen molar-refractivity contribution in [2.45, 2.75) is 52.9 Å². The van der Waals surface area contributed by atoms with Crippen LogP contribution < -0.4 is 0 Å². The molecule has 1 aromatic rings. The highest BCUT2D eigenvalue weighted by atomic mass is 16.3. The summed E-state index contributed by atoms with van der Waals surface area (Å²) in [6.45, 7) is 10.7. The third-order valence-electron chi connectivity index (χ3n) is 5.01. The Labute approximate surface area is 109 Å². The van der Waals surface area contributed by atoms with Gasteiger partial charge in [0.2, 0.25) is 0 Å². The highest BCUT2D eigenvalue weighted by molar-refractivity contribution is 5.84. The van der Waals surface area contributed by atoms with E-state index in [1.807, 2.05) is 6.92 Å². The van der Waals surface area contributed by atoms with Crippen molar-refractivity contribution in [3.8, 4) is 5.75 Å². The number of phenolic OH excluding ortho intramolecular Hbond substituents is 1. The first-order valence-corrected chi connectivity index (χ1v) is 6.63. The minimum absolute atomic E-state index is 0.0569. The molecule has 2 nitrogen and oxygen atoms in total. The Morgan fingerprint density at radius 3 is 2.44 bits per heavy atom. The molecule has 1 atom stereocenters. The Bertz CT molecular complexity index is 513. The molecule has 0 saturated heterocycles. The van der Waals surface area contributed by atoms with E-state index in [2.05, 4.69) is 27.7 Å². The average molecular weight is 246 g/mol. The molecule has 0 bridgehead atoms. The van der Waals surface area contributed by atoms with Crippen LogP contribution in [0.1, 0.15) is 59.8 Å². The van der Waals surface area contributed by atoms with Crippen LogP contribution >= 0.6 is 0 Å². The first-order chi connectivity index (χ1) is 8.32. The fourth-order valence-electron chi connectivity index (χ4n) is 3.30. The SMILES string of the molecule is Cc1c(C)c2c(c(O)c1C=O)CCC(C)C2(C)C. The first-order valence-electron chi connectivity index (χ1n) is 6.63. The zero-order chi connectivity index (χ0) is 13.7. The molecule has 0 heterocycles. The summed E-state index contributed by atoms with van der Waals surface area (Å²) in [4.78, 5) is 11.2. The van der Waals surface area contributed by atoms with Gasteiger partial charge in [0, 0.05) is 0 Å². The molecule has 0 aromatic heterocycles. The van der Waals surface area contributed by atoms with Gasteiger partial charge in [-0.25, -0.2) is 0 Å². The van der Waals surface area contributed by atoms with Crippen molar-refractivity contribution >= 4 is 6.29 Å². The van der Waals surface area contributed by atoms with Crippen molar-refractivity contribution in [1.82, 2.24) is 0 Å². The molecule has 0 amide bonds. The van der Waals surface area contributed by atoms with Crippen LogP contribution in [-0.2, 0) is 11.8 Å². The third kappa shape index (κ3) is 1.58. The molecule has 0 radical (unpaired) electrons. The summed E-state index contributed by atoms with van der Waals surface area (Å²) in [6, 6.07) is 0. The van der Waals surface area contributed by atoms with Gasteiger partial charge in [-0.15, -0.1) is 0 Å². The molecular weight excluding hydrogens is 224 g/mol. The maximum Gasteiger partial charge on any atom is 0.154 e. The second kappa shape index (κ2) is 4.11. The summed E-state index contributed by atoms with van der Waals surface area (Å²) in [7, 11) is 0. The molecule has 0 aliphatic heterocycles. The lowest BCUT2D eigenvalue weighted by molar-refractivity contribution is 0.112. The maximum atomic E-state index is 11.2. The maximum absolute atomic E-state index is 11.2. The summed E-state index contributed by atoms with van der Waals surface area (Å²) >= 11 is 0. The van der Waals surface area contributed by atoms with E-state index in [0.29, 0.717) is 11.5 Å². The van der Waals surface area contributed by atoms with Crippen LogP contribution in [0, 0.1) is 19.8 Å². The van der Waals surface area contributed by atoms with E-state index in [1.165, 1.54) is 11.1 Å². The highest BCUT2D eigenvalue weighted by Gasteiger charge is 2.37. The number of aromatic hydroxyl groups is 1. The van der Waals surface area contributed by atoms with Crippen molar-refractivity contribution in [3.05, 3.63) is 27.8 Å². The number of hydrogen-bond acceptors (Lipinski definition) is 2. The number of benzene rings is 1. The second-order valence-corrected chi connectivity index (χ2v) is 6.15. The number of phenols is 1. The molecule has 2 heteroatoms. The van der Waals surface area contributed by atoms with Gasteiger partial charge in [-0.05, 0) is 60.3 Å². The van der Waals surface area contributed by atoms with Gasteiger partial charge in [-0.2, -0.15) is 0 Å². The Morgan fingerprint density at radius 1 is 1.28 bits per heavy atom. The fraction of sp³-hybridized carbons (Fsp3) is 0.562. The van der Waals surface area contributed by atoms with Gasteiger partial charge in [0.05, 0.1) is 5.56 Å². The van der Waals surface area contributed by atoms with Crippen molar-refractivity contribution < 1.29 is 9.90 Å². The Morgan fingerprint density at radius 2 is 1.89 bits per heavy atom. The fourth-order valence-corrected chi connectivity index (χ4v) is 3.30. The predicted molar refractivity (Wildman–Crippen MR) is 73.5 cm³/mol. The number of fused-ring (bicyclic) bond motifs is 1. The lowest BCUT2D eigenvalue weighted by atomic mass is 9.64. The lowest BCUT2D eigenvalue weighted by Crippen LogP contribution is -2.33. The quantitative estimate of drug-likeness (QED) is 0.767. The average Bonchev–Trinajstić information content (AvgIpc) is 2.30. The molecule has 0 saturated carbocycles. The summed E-state index contributed by atoms with van der Waals surface area (Å²) in [5, 5.41) is 10.3. The molecule has 2 rings (SSSR count). The molecule has 1 aromatic carbocycles. The Hall–Kier alpha value is -1.31. The molecule has 0 fully saturated rings. The predicted octanol–water partition coefficient (Wildman–Crippen LogP) is 3.68. The van der Waals surface area contributed by atoms with E-state index in [4.69, 9.17) is 0 Å². The number of rotatable bonds is 1. The van der Waals surface area contributed by atoms with E-state index >= 15 is 0 Å². The van der Waals surface area contributed by atoms with Gasteiger partial charge < -0.3 is 5.11 Å². The van der Waals surface area contributed by atoms with Gasteiger partial charge in [0.1, 0.15) is 5.75 Å². The summed E-state index contributed by atoms with van der Waals surface area (Å²) < 4.78 is 0. The number of carbonyl (C=O) groups is 1. The van der Waals surface area contributed by atoms with Crippen LogP contribution in [0.4, 0.5) is 0 Å². The van der Waals surface area contributed by atoms with Crippen LogP contribution in [0.3, 0.4) is 0 Å². The molecule has 0 spiro atoms. The number of carbonyl (C=O) groups excluding carboxylic acids is 1. The molecule has 18 heavy (non-hydrogen) atoms. The smallest absolute Gasteiger partial charge is 0.154 e. The van der Waals surface area contributed by atoms with E-state index in [-0.39, 0.29) is 11.2 Å². The minimum Gasteiger partial charge on any atom is -0.507 e. The van der Waals surface area contributed by atoms with Gasteiger partial charge in [-0.3, -0.25) is 4.79 Å². The summed E-state index contributed by atoms with van der Waals surface area (Å²) in [5.41, 5.74) is 4.85. The van der Waals surface area contributed by atoms with E-state index in [9.17, 15) is 9.90 Å². The van der Waals surface area contributed by atoms with Gasteiger partial charge >= 0.3 is 0 Å². The topological polar surface area (TPSA) is 37.3 Å². The van der Waals surface area contributed by atoms with Crippen LogP contribution in [0.2, 0.25) is 0 Å². The Kier molecular flexibility index (Phi) is 3.00. The van der Waals surface area contributed by atoms with Crippen molar-refractivity contribution in [2.24, 2.45) is 5.92 Å². The summed E-state index contributed by atoms with van der Waals surface area (Å²) in [6.07, 6.45) is 2.71. The van der Waals surface area contributed by atoms with Gasteiger partial charge in [0.25, 0.3) is 0 Å².